The molecule has 0 aliphatic rings. The van der Waals surface area contributed by atoms with E-state index in [1.165, 1.54) is 0 Å². The molecule has 1 atom stereocenters. The van der Waals surface area contributed by atoms with Crippen LogP contribution in [-0.4, -0.2) is 24.8 Å². The van der Waals surface area contributed by atoms with E-state index in [1.54, 1.807) is 0 Å². The Bertz CT molecular complexity index is 157. The smallest absolute Gasteiger partial charge is 0.237 e. The number of carbonyl (C=O) groups is 2. The number of rotatable bonds is 5. The number of hydrogen-bond donors (Lipinski definition) is 2. The normalized spacial score (nSPS) is 12.7. The summed E-state index contributed by atoms with van der Waals surface area (Å²) in [6.07, 6.45) is 1.28. The first-order chi connectivity index (χ1) is 5.57. The van der Waals surface area contributed by atoms with Crippen molar-refractivity contribution in [1.29, 1.82) is 0 Å². The first kappa shape index (κ1) is 11.1. The molecular weight excluding hydrogens is 156 g/mol. The van der Waals surface area contributed by atoms with Crippen LogP contribution in [0.25, 0.3) is 0 Å². The predicted octanol–water partition coefficient (Wildman–Crippen LogP) is -0.325. The molecule has 4 heteroatoms. The van der Waals surface area contributed by atoms with Gasteiger partial charge in [0.2, 0.25) is 5.91 Å². The number of hydrogen-bond acceptors (Lipinski definition) is 3. The minimum atomic E-state index is -0.495. The molecule has 70 valence electrons. The van der Waals surface area contributed by atoms with Gasteiger partial charge in [-0.1, -0.05) is 13.8 Å². The Hall–Kier alpha value is -0.900. The van der Waals surface area contributed by atoms with Gasteiger partial charge in [-0.15, -0.1) is 0 Å². The van der Waals surface area contributed by atoms with Crippen molar-refractivity contribution in [3.8, 4) is 0 Å². The number of nitrogens with one attached hydrogen (secondary N) is 1. The van der Waals surface area contributed by atoms with Crippen LogP contribution in [0.2, 0.25) is 0 Å². The topological polar surface area (TPSA) is 72.2 Å². The van der Waals surface area contributed by atoms with Crippen molar-refractivity contribution in [2.75, 3.05) is 6.54 Å². The van der Waals surface area contributed by atoms with Gasteiger partial charge in [-0.05, 0) is 12.3 Å². The summed E-state index contributed by atoms with van der Waals surface area (Å²) in [6, 6.07) is -0.495. The van der Waals surface area contributed by atoms with E-state index in [-0.39, 0.29) is 12.5 Å². The molecule has 0 fully saturated rings. The predicted molar refractivity (Wildman–Crippen MR) is 46.5 cm³/mol. The van der Waals surface area contributed by atoms with E-state index in [4.69, 9.17) is 5.73 Å². The molecule has 0 aliphatic heterocycles. The largest absolute Gasteiger partial charge is 0.348 e. The molecule has 0 radical (unpaired) electrons. The average molecular weight is 172 g/mol. The molecule has 12 heavy (non-hydrogen) atoms. The molecule has 0 spiro atoms. The highest BCUT2D eigenvalue weighted by atomic mass is 16.2. The summed E-state index contributed by atoms with van der Waals surface area (Å²) in [4.78, 5) is 20.9. The average Bonchev–Trinajstić information content (AvgIpc) is 1.98. The molecule has 0 rings (SSSR count). The molecule has 0 aromatic rings. The fraction of sp³-hybridized carbons (Fsp3) is 0.750. The van der Waals surface area contributed by atoms with Gasteiger partial charge in [0.1, 0.15) is 6.29 Å². The molecule has 0 bridgehead atoms. The van der Waals surface area contributed by atoms with Crippen LogP contribution in [0.15, 0.2) is 0 Å². The van der Waals surface area contributed by atoms with Crippen molar-refractivity contribution < 1.29 is 9.59 Å². The van der Waals surface area contributed by atoms with Crippen molar-refractivity contribution in [1.82, 2.24) is 5.32 Å². The summed E-state index contributed by atoms with van der Waals surface area (Å²) < 4.78 is 0. The summed E-state index contributed by atoms with van der Waals surface area (Å²) in [6.45, 7) is 4.03. The lowest BCUT2D eigenvalue weighted by atomic mass is 10.0. The molecule has 0 aliphatic carbocycles. The molecule has 0 heterocycles. The lowest BCUT2D eigenvalue weighted by molar-refractivity contribution is -0.123. The number of amides is 1. The van der Waals surface area contributed by atoms with Crippen LogP contribution < -0.4 is 11.1 Å². The van der Waals surface area contributed by atoms with Gasteiger partial charge in [-0.25, -0.2) is 0 Å². The van der Waals surface area contributed by atoms with Crippen molar-refractivity contribution >= 4 is 12.2 Å². The highest BCUT2D eigenvalue weighted by molar-refractivity contribution is 5.83. The van der Waals surface area contributed by atoms with Crippen LogP contribution in [0.1, 0.15) is 20.3 Å². The molecule has 0 aromatic heterocycles. The molecule has 1 amide bonds. The molecule has 0 aromatic carbocycles. The maximum absolute atomic E-state index is 11.0. The Morgan fingerprint density at radius 2 is 2.17 bits per heavy atom. The first-order valence-corrected chi connectivity index (χ1v) is 4.04. The minimum Gasteiger partial charge on any atom is -0.348 e. The van der Waals surface area contributed by atoms with Crippen molar-refractivity contribution in [3.63, 3.8) is 0 Å². The van der Waals surface area contributed by atoms with Gasteiger partial charge in [0.25, 0.3) is 0 Å². The zero-order valence-electron chi connectivity index (χ0n) is 7.54. The van der Waals surface area contributed by atoms with Crippen LogP contribution in [0, 0.1) is 5.92 Å². The van der Waals surface area contributed by atoms with Gasteiger partial charge in [-0.3, -0.25) is 4.79 Å². The fourth-order valence-electron chi connectivity index (χ4n) is 0.888. The number of carbonyl (C=O) groups excluding carboxylic acids is 2. The second kappa shape index (κ2) is 5.71. The molecule has 0 saturated carbocycles. The maximum atomic E-state index is 11.0. The fourth-order valence-corrected chi connectivity index (χ4v) is 0.888. The van der Waals surface area contributed by atoms with Crippen LogP contribution >= 0.6 is 0 Å². The van der Waals surface area contributed by atoms with E-state index in [1.807, 2.05) is 13.8 Å². The van der Waals surface area contributed by atoms with Gasteiger partial charge in [0.15, 0.2) is 0 Å². The summed E-state index contributed by atoms with van der Waals surface area (Å²) in [5.41, 5.74) is 5.53. The quantitative estimate of drug-likeness (QED) is 0.558. The summed E-state index contributed by atoms with van der Waals surface area (Å²) >= 11 is 0. The van der Waals surface area contributed by atoms with Gasteiger partial charge < -0.3 is 15.8 Å². The van der Waals surface area contributed by atoms with Gasteiger partial charge in [0.05, 0.1) is 12.6 Å². The highest BCUT2D eigenvalue weighted by Crippen LogP contribution is 2.01. The van der Waals surface area contributed by atoms with Gasteiger partial charge >= 0.3 is 0 Å². The Balaban J connectivity index is 3.68. The lowest BCUT2D eigenvalue weighted by Gasteiger charge is -2.12. The Morgan fingerprint density at radius 3 is 2.58 bits per heavy atom. The van der Waals surface area contributed by atoms with E-state index in [0.717, 1.165) is 0 Å². The molecule has 0 saturated heterocycles. The number of aldehydes is 1. The molecule has 1 unspecified atom stereocenters. The summed E-state index contributed by atoms with van der Waals surface area (Å²) in [7, 11) is 0. The Labute approximate surface area is 72.5 Å². The van der Waals surface area contributed by atoms with Crippen LogP contribution in [0.3, 0.4) is 0 Å². The third-order valence-electron chi connectivity index (χ3n) is 1.42. The second-order valence-corrected chi connectivity index (χ2v) is 3.15. The van der Waals surface area contributed by atoms with E-state index in [2.05, 4.69) is 5.32 Å². The molecule has 4 nitrogen and oxygen atoms in total. The lowest BCUT2D eigenvalue weighted by Crippen LogP contribution is -2.41. The van der Waals surface area contributed by atoms with E-state index < -0.39 is 6.04 Å². The molecule has 3 N–H and O–H groups in total. The van der Waals surface area contributed by atoms with E-state index in [9.17, 15) is 9.59 Å². The van der Waals surface area contributed by atoms with Crippen molar-refractivity contribution in [2.45, 2.75) is 26.3 Å². The Kier molecular flexibility index (Phi) is 5.28. The zero-order valence-corrected chi connectivity index (χ0v) is 7.54. The van der Waals surface area contributed by atoms with Crippen LogP contribution in [0.5, 0.6) is 0 Å². The van der Waals surface area contributed by atoms with Gasteiger partial charge in [0, 0.05) is 0 Å². The maximum Gasteiger partial charge on any atom is 0.237 e. The zero-order chi connectivity index (χ0) is 9.56. The SMILES string of the molecule is CC(C)CC(N)C(=O)NCC=O. The molecular formula is C8H16N2O2. The summed E-state index contributed by atoms with van der Waals surface area (Å²) in [5.74, 6) is 0.137. The number of nitrogens with two attached hydrogens (primary N) is 1. The van der Waals surface area contributed by atoms with Crippen molar-refractivity contribution in [2.24, 2.45) is 11.7 Å². The van der Waals surface area contributed by atoms with E-state index in [0.29, 0.717) is 18.6 Å². The summed E-state index contributed by atoms with van der Waals surface area (Å²) in [5, 5.41) is 2.41. The monoisotopic (exact) mass is 172 g/mol. The highest BCUT2D eigenvalue weighted by Gasteiger charge is 2.13. The van der Waals surface area contributed by atoms with Crippen LogP contribution in [0.4, 0.5) is 0 Å². The van der Waals surface area contributed by atoms with E-state index >= 15 is 0 Å². The third kappa shape index (κ3) is 4.85. The van der Waals surface area contributed by atoms with Gasteiger partial charge in [-0.2, -0.15) is 0 Å². The van der Waals surface area contributed by atoms with Crippen LogP contribution in [-0.2, 0) is 9.59 Å². The third-order valence-corrected chi connectivity index (χ3v) is 1.42. The Morgan fingerprint density at radius 1 is 1.58 bits per heavy atom. The standard InChI is InChI=1S/C8H16N2O2/c1-6(2)5-7(9)8(12)10-3-4-11/h4,6-7H,3,5,9H2,1-2H3,(H,10,12). The minimum absolute atomic E-state index is 0.0463. The first-order valence-electron chi connectivity index (χ1n) is 4.04. The second-order valence-electron chi connectivity index (χ2n) is 3.15. The van der Waals surface area contributed by atoms with Crippen molar-refractivity contribution in [3.05, 3.63) is 0 Å².